The lowest BCUT2D eigenvalue weighted by Gasteiger charge is -2.22. The molecule has 140 valence electrons. The van der Waals surface area contributed by atoms with Crippen LogP contribution in [0.15, 0.2) is 47.7 Å². The van der Waals surface area contributed by atoms with Crippen LogP contribution in [0.4, 0.5) is 5.69 Å². The smallest absolute Gasteiger partial charge is 0.191 e. The number of anilines is 1. The lowest BCUT2D eigenvalue weighted by Crippen LogP contribution is -2.39. The van der Waals surface area contributed by atoms with Crippen LogP contribution in [0.3, 0.4) is 0 Å². The van der Waals surface area contributed by atoms with Gasteiger partial charge in [0.2, 0.25) is 0 Å². The first-order valence-electron chi connectivity index (χ1n) is 9.63. The molecule has 6 nitrogen and oxygen atoms in total. The number of guanidine groups is 1. The molecule has 0 amide bonds. The average Bonchev–Trinajstić information content (AvgIpc) is 3.36. The maximum Gasteiger partial charge on any atom is 0.191 e. The van der Waals surface area contributed by atoms with E-state index in [1.165, 1.54) is 37.2 Å². The van der Waals surface area contributed by atoms with Crippen LogP contribution < -0.4 is 15.5 Å². The number of nitrogens with zero attached hydrogens (tertiary/aromatic N) is 4. The summed E-state index contributed by atoms with van der Waals surface area (Å²) in [5.41, 5.74) is 2.61. The molecule has 2 N–H and O–H groups in total. The van der Waals surface area contributed by atoms with Crippen molar-refractivity contribution in [2.24, 2.45) is 4.99 Å². The molecule has 1 aromatic carbocycles. The van der Waals surface area contributed by atoms with Gasteiger partial charge in [0, 0.05) is 37.7 Å². The number of hydrogen-bond donors (Lipinski definition) is 2. The van der Waals surface area contributed by atoms with Crippen LogP contribution in [0, 0.1) is 0 Å². The van der Waals surface area contributed by atoms with Crippen molar-refractivity contribution in [1.82, 2.24) is 20.4 Å². The first-order valence-corrected chi connectivity index (χ1v) is 9.63. The van der Waals surface area contributed by atoms with Crippen molar-refractivity contribution in [2.75, 3.05) is 31.1 Å². The number of rotatable bonds is 7. The SMILES string of the molecule is CCNC(=NCCn1cccn1)NC(C)c1cccc(N2CCCC2)c1. The molecule has 1 aliphatic heterocycles. The molecular weight excluding hydrogens is 324 g/mol. The van der Waals surface area contributed by atoms with Crippen LogP contribution in [0.25, 0.3) is 0 Å². The predicted octanol–water partition coefficient (Wildman–Crippen LogP) is 2.80. The Morgan fingerprint density at radius 1 is 1.27 bits per heavy atom. The lowest BCUT2D eigenvalue weighted by molar-refractivity contribution is 0.617. The molecule has 1 atom stereocenters. The summed E-state index contributed by atoms with van der Waals surface area (Å²) in [6.45, 7) is 8.92. The van der Waals surface area contributed by atoms with Crippen molar-refractivity contribution in [3.05, 3.63) is 48.3 Å². The van der Waals surface area contributed by atoms with E-state index in [1.807, 2.05) is 16.9 Å². The molecule has 6 heteroatoms. The van der Waals surface area contributed by atoms with E-state index in [2.05, 4.69) is 63.7 Å². The molecule has 0 spiro atoms. The van der Waals surface area contributed by atoms with Gasteiger partial charge < -0.3 is 15.5 Å². The number of benzene rings is 1. The van der Waals surface area contributed by atoms with E-state index in [0.29, 0.717) is 6.54 Å². The monoisotopic (exact) mass is 354 g/mol. The van der Waals surface area contributed by atoms with E-state index in [9.17, 15) is 0 Å². The third-order valence-electron chi connectivity index (χ3n) is 4.70. The van der Waals surface area contributed by atoms with Crippen molar-refractivity contribution in [3.8, 4) is 0 Å². The zero-order chi connectivity index (χ0) is 18.2. The minimum Gasteiger partial charge on any atom is -0.372 e. The number of aliphatic imine (C=N–C) groups is 1. The zero-order valence-electron chi connectivity index (χ0n) is 15.9. The van der Waals surface area contributed by atoms with Crippen molar-refractivity contribution >= 4 is 11.6 Å². The van der Waals surface area contributed by atoms with E-state index in [-0.39, 0.29) is 6.04 Å². The second-order valence-electron chi connectivity index (χ2n) is 6.68. The minimum atomic E-state index is 0.194. The summed E-state index contributed by atoms with van der Waals surface area (Å²) in [6.07, 6.45) is 6.35. The van der Waals surface area contributed by atoms with Crippen LogP contribution in [0.1, 0.15) is 38.3 Å². The molecule has 1 aliphatic rings. The zero-order valence-corrected chi connectivity index (χ0v) is 15.9. The quantitative estimate of drug-likeness (QED) is 0.593. The maximum absolute atomic E-state index is 4.68. The molecule has 0 radical (unpaired) electrons. The second kappa shape index (κ2) is 9.27. The number of hydrogen-bond acceptors (Lipinski definition) is 3. The van der Waals surface area contributed by atoms with Gasteiger partial charge in [-0.1, -0.05) is 12.1 Å². The minimum absolute atomic E-state index is 0.194. The summed E-state index contributed by atoms with van der Waals surface area (Å²) in [5.74, 6) is 0.846. The largest absolute Gasteiger partial charge is 0.372 e. The molecule has 0 saturated carbocycles. The Morgan fingerprint density at radius 3 is 2.85 bits per heavy atom. The molecular formula is C20H30N6. The molecule has 2 heterocycles. The fourth-order valence-corrected chi connectivity index (χ4v) is 3.27. The van der Waals surface area contributed by atoms with Crippen molar-refractivity contribution in [1.29, 1.82) is 0 Å². The van der Waals surface area contributed by atoms with Crippen LogP contribution in [0.2, 0.25) is 0 Å². The lowest BCUT2D eigenvalue weighted by atomic mass is 10.1. The highest BCUT2D eigenvalue weighted by atomic mass is 15.3. The summed E-state index contributed by atoms with van der Waals surface area (Å²) < 4.78 is 1.90. The molecule has 1 aromatic heterocycles. The number of aromatic nitrogens is 2. The van der Waals surface area contributed by atoms with Gasteiger partial charge in [-0.3, -0.25) is 9.67 Å². The molecule has 0 aliphatic carbocycles. The predicted molar refractivity (Wildman–Crippen MR) is 108 cm³/mol. The van der Waals surface area contributed by atoms with Crippen molar-refractivity contribution < 1.29 is 0 Å². The average molecular weight is 355 g/mol. The summed E-state index contributed by atoms with van der Waals surface area (Å²) in [6, 6.07) is 11.0. The van der Waals surface area contributed by atoms with Gasteiger partial charge in [-0.2, -0.15) is 5.10 Å². The first kappa shape index (κ1) is 18.3. The summed E-state index contributed by atoms with van der Waals surface area (Å²) in [7, 11) is 0. The second-order valence-corrected chi connectivity index (χ2v) is 6.68. The molecule has 26 heavy (non-hydrogen) atoms. The highest BCUT2D eigenvalue weighted by Gasteiger charge is 2.14. The Labute approximate surface area is 156 Å². The first-order chi connectivity index (χ1) is 12.8. The van der Waals surface area contributed by atoms with Gasteiger partial charge in [-0.05, 0) is 50.5 Å². The Balaban J connectivity index is 1.61. The Morgan fingerprint density at radius 2 is 2.12 bits per heavy atom. The Kier molecular flexibility index (Phi) is 6.52. The van der Waals surface area contributed by atoms with E-state index in [4.69, 9.17) is 0 Å². The summed E-state index contributed by atoms with van der Waals surface area (Å²) in [5, 5.41) is 11.1. The molecule has 1 unspecified atom stereocenters. The van der Waals surface area contributed by atoms with Gasteiger partial charge in [0.15, 0.2) is 5.96 Å². The van der Waals surface area contributed by atoms with E-state index < -0.39 is 0 Å². The fourth-order valence-electron chi connectivity index (χ4n) is 3.27. The fraction of sp³-hybridized carbons (Fsp3) is 0.500. The maximum atomic E-state index is 4.68. The highest BCUT2D eigenvalue weighted by Crippen LogP contribution is 2.23. The highest BCUT2D eigenvalue weighted by molar-refractivity contribution is 5.80. The van der Waals surface area contributed by atoms with E-state index >= 15 is 0 Å². The van der Waals surface area contributed by atoms with Crippen LogP contribution in [-0.4, -0.2) is 41.9 Å². The van der Waals surface area contributed by atoms with Crippen LogP contribution >= 0.6 is 0 Å². The molecule has 3 rings (SSSR count). The third-order valence-corrected chi connectivity index (χ3v) is 4.70. The third kappa shape index (κ3) is 5.00. The van der Waals surface area contributed by atoms with Crippen LogP contribution in [0.5, 0.6) is 0 Å². The summed E-state index contributed by atoms with van der Waals surface area (Å²) >= 11 is 0. The van der Waals surface area contributed by atoms with Gasteiger partial charge in [-0.25, -0.2) is 0 Å². The van der Waals surface area contributed by atoms with Gasteiger partial charge in [0.1, 0.15) is 0 Å². The molecule has 0 bridgehead atoms. The Bertz CT molecular complexity index is 688. The van der Waals surface area contributed by atoms with Gasteiger partial charge >= 0.3 is 0 Å². The topological polar surface area (TPSA) is 57.5 Å². The molecule has 1 saturated heterocycles. The van der Waals surface area contributed by atoms with E-state index in [0.717, 1.165) is 19.0 Å². The number of nitrogens with one attached hydrogen (secondary N) is 2. The summed E-state index contributed by atoms with van der Waals surface area (Å²) in [4.78, 5) is 7.15. The van der Waals surface area contributed by atoms with Crippen molar-refractivity contribution in [2.45, 2.75) is 39.3 Å². The van der Waals surface area contributed by atoms with E-state index in [1.54, 1.807) is 6.20 Å². The standard InChI is InChI=1S/C20H30N6/c1-3-21-20(22-11-15-26-14-7-10-23-26)24-17(2)18-8-6-9-19(16-18)25-12-4-5-13-25/h6-10,14,16-17H,3-5,11-13,15H2,1-2H3,(H2,21,22,24). The normalized spacial score (nSPS) is 15.9. The van der Waals surface area contributed by atoms with Gasteiger partial charge in [0.05, 0.1) is 19.1 Å². The van der Waals surface area contributed by atoms with Gasteiger partial charge in [0.25, 0.3) is 0 Å². The van der Waals surface area contributed by atoms with Crippen LogP contribution in [-0.2, 0) is 6.54 Å². The van der Waals surface area contributed by atoms with Gasteiger partial charge in [-0.15, -0.1) is 0 Å². The van der Waals surface area contributed by atoms with Crippen molar-refractivity contribution in [3.63, 3.8) is 0 Å². The Hall–Kier alpha value is -2.50. The molecule has 1 fully saturated rings. The molecule has 2 aromatic rings.